The van der Waals surface area contributed by atoms with Gasteiger partial charge in [-0.1, -0.05) is 42.5 Å². The molecule has 128 valence electrons. The molecule has 0 heterocycles. The van der Waals surface area contributed by atoms with Gasteiger partial charge in [-0.3, -0.25) is 4.79 Å². The largest absolute Gasteiger partial charge is 0.489 e. The molecule has 0 unspecified atom stereocenters. The number of aldehydes is 1. The maximum absolute atomic E-state index is 11.5. The van der Waals surface area contributed by atoms with Crippen molar-refractivity contribution >= 4 is 17.1 Å². The molecule has 3 aromatic carbocycles. The maximum atomic E-state index is 11.5. The van der Waals surface area contributed by atoms with Crippen LogP contribution in [0.3, 0.4) is 0 Å². The van der Waals surface area contributed by atoms with Crippen LogP contribution in [0.15, 0.2) is 48.5 Å². The van der Waals surface area contributed by atoms with Gasteiger partial charge in [-0.25, -0.2) is 0 Å². The van der Waals surface area contributed by atoms with E-state index in [9.17, 15) is 4.79 Å². The third-order valence-electron chi connectivity index (χ3n) is 4.51. The number of benzene rings is 3. The molecule has 0 atom stereocenters. The number of hydrogen-bond donors (Lipinski definition) is 0. The van der Waals surface area contributed by atoms with Crippen molar-refractivity contribution in [2.24, 2.45) is 0 Å². The van der Waals surface area contributed by atoms with Crippen molar-refractivity contribution in [3.8, 4) is 11.5 Å². The van der Waals surface area contributed by atoms with Gasteiger partial charge in [0.05, 0.1) is 5.56 Å². The van der Waals surface area contributed by atoms with Gasteiger partial charge in [0, 0.05) is 0 Å². The van der Waals surface area contributed by atoms with Crippen molar-refractivity contribution in [3.63, 3.8) is 0 Å². The summed E-state index contributed by atoms with van der Waals surface area (Å²) in [6.45, 7) is 6.98. The van der Waals surface area contributed by atoms with E-state index >= 15 is 0 Å². The molecule has 25 heavy (non-hydrogen) atoms. The SMILES string of the molecule is Cc1ccc(C)c(OCCOc2ccc3ccccc3c2C=O)c1C. The predicted molar refractivity (Wildman–Crippen MR) is 101 cm³/mol. The van der Waals surface area contributed by atoms with Gasteiger partial charge in [0.2, 0.25) is 0 Å². The maximum Gasteiger partial charge on any atom is 0.154 e. The molecule has 0 aliphatic carbocycles. The second kappa shape index (κ2) is 7.39. The second-order valence-electron chi connectivity index (χ2n) is 6.17. The zero-order valence-corrected chi connectivity index (χ0v) is 14.8. The number of carbonyl (C=O) groups is 1. The molecule has 3 nitrogen and oxygen atoms in total. The summed E-state index contributed by atoms with van der Waals surface area (Å²) in [5, 5.41) is 1.93. The van der Waals surface area contributed by atoms with Crippen molar-refractivity contribution in [1.82, 2.24) is 0 Å². The minimum atomic E-state index is 0.381. The molecule has 3 aromatic rings. The fourth-order valence-electron chi connectivity index (χ4n) is 2.97. The molecule has 0 amide bonds. The molecular weight excluding hydrogens is 312 g/mol. The Bertz CT molecular complexity index is 913. The topological polar surface area (TPSA) is 35.5 Å². The first-order valence-corrected chi connectivity index (χ1v) is 8.41. The molecule has 0 saturated heterocycles. The molecule has 0 saturated carbocycles. The van der Waals surface area contributed by atoms with Crippen LogP contribution in [-0.2, 0) is 0 Å². The number of ether oxygens (including phenoxy) is 2. The molecule has 0 aromatic heterocycles. The van der Waals surface area contributed by atoms with Gasteiger partial charge in [-0.15, -0.1) is 0 Å². The van der Waals surface area contributed by atoms with E-state index < -0.39 is 0 Å². The molecule has 0 fully saturated rings. The molecular formula is C22H22O3. The van der Waals surface area contributed by atoms with E-state index in [1.165, 1.54) is 5.56 Å². The van der Waals surface area contributed by atoms with E-state index in [2.05, 4.69) is 26.0 Å². The van der Waals surface area contributed by atoms with Crippen molar-refractivity contribution in [3.05, 3.63) is 70.8 Å². The lowest BCUT2D eigenvalue weighted by Gasteiger charge is -2.15. The Kier molecular flexibility index (Phi) is 5.03. The van der Waals surface area contributed by atoms with Crippen LogP contribution in [0, 0.1) is 20.8 Å². The summed E-state index contributed by atoms with van der Waals surface area (Å²) < 4.78 is 11.7. The molecule has 0 N–H and O–H groups in total. The summed E-state index contributed by atoms with van der Waals surface area (Å²) >= 11 is 0. The Morgan fingerprint density at radius 2 is 1.56 bits per heavy atom. The van der Waals surface area contributed by atoms with Crippen molar-refractivity contribution < 1.29 is 14.3 Å². The molecule has 3 rings (SSSR count). The van der Waals surface area contributed by atoms with Crippen LogP contribution in [0.1, 0.15) is 27.0 Å². The highest BCUT2D eigenvalue weighted by Crippen LogP contribution is 2.27. The van der Waals surface area contributed by atoms with Crippen LogP contribution < -0.4 is 9.47 Å². The summed E-state index contributed by atoms with van der Waals surface area (Å²) in [5.74, 6) is 1.51. The van der Waals surface area contributed by atoms with E-state index in [1.807, 2.05) is 43.3 Å². The lowest BCUT2D eigenvalue weighted by molar-refractivity contribution is 0.112. The Morgan fingerprint density at radius 1 is 0.840 bits per heavy atom. The van der Waals surface area contributed by atoms with Crippen LogP contribution >= 0.6 is 0 Å². The van der Waals surface area contributed by atoms with Gasteiger partial charge >= 0.3 is 0 Å². The van der Waals surface area contributed by atoms with E-state index in [0.717, 1.165) is 33.9 Å². The average Bonchev–Trinajstić information content (AvgIpc) is 2.63. The molecule has 0 aliphatic heterocycles. The van der Waals surface area contributed by atoms with Crippen molar-refractivity contribution in [2.75, 3.05) is 13.2 Å². The highest BCUT2D eigenvalue weighted by atomic mass is 16.5. The molecule has 0 spiro atoms. The van der Waals surface area contributed by atoms with Crippen LogP contribution in [0.4, 0.5) is 0 Å². The standard InChI is InChI=1S/C22H22O3/c1-15-8-9-16(2)22(17(15)3)25-13-12-24-21-11-10-18-6-4-5-7-19(18)20(21)14-23/h4-11,14H,12-13H2,1-3H3. The fourth-order valence-corrected chi connectivity index (χ4v) is 2.97. The third-order valence-corrected chi connectivity index (χ3v) is 4.51. The van der Waals surface area contributed by atoms with E-state index in [1.54, 1.807) is 0 Å². The van der Waals surface area contributed by atoms with E-state index in [4.69, 9.17) is 9.47 Å². The van der Waals surface area contributed by atoms with Crippen LogP contribution in [0.25, 0.3) is 10.8 Å². The lowest BCUT2D eigenvalue weighted by Crippen LogP contribution is -2.11. The molecule has 0 bridgehead atoms. The smallest absolute Gasteiger partial charge is 0.154 e. The van der Waals surface area contributed by atoms with E-state index in [0.29, 0.717) is 24.5 Å². The predicted octanol–water partition coefficient (Wildman–Crippen LogP) is 5.04. The summed E-state index contributed by atoms with van der Waals surface area (Å²) in [5.41, 5.74) is 4.06. The quantitative estimate of drug-likeness (QED) is 0.468. The van der Waals surface area contributed by atoms with Crippen LogP contribution in [0.5, 0.6) is 11.5 Å². The summed E-state index contributed by atoms with van der Waals surface area (Å²) in [7, 11) is 0. The molecule has 0 radical (unpaired) electrons. The van der Waals surface area contributed by atoms with Gasteiger partial charge in [0.25, 0.3) is 0 Å². The number of hydrogen-bond acceptors (Lipinski definition) is 3. The van der Waals surface area contributed by atoms with Gasteiger partial charge in [-0.05, 0) is 54.3 Å². The lowest BCUT2D eigenvalue weighted by atomic mass is 10.0. The number of carbonyl (C=O) groups excluding carboxylic acids is 1. The Hall–Kier alpha value is -2.81. The third kappa shape index (κ3) is 3.50. The Labute approximate surface area is 148 Å². The normalized spacial score (nSPS) is 10.7. The highest BCUT2D eigenvalue weighted by molar-refractivity contribution is 6.00. The Balaban J connectivity index is 1.70. The molecule has 3 heteroatoms. The summed E-state index contributed by atoms with van der Waals surface area (Å²) in [6, 6.07) is 15.8. The van der Waals surface area contributed by atoms with Gasteiger partial charge < -0.3 is 9.47 Å². The minimum absolute atomic E-state index is 0.381. The van der Waals surface area contributed by atoms with Gasteiger partial charge in [0.15, 0.2) is 6.29 Å². The van der Waals surface area contributed by atoms with Crippen LogP contribution in [-0.4, -0.2) is 19.5 Å². The zero-order valence-electron chi connectivity index (χ0n) is 14.8. The highest BCUT2D eigenvalue weighted by Gasteiger charge is 2.09. The first-order valence-electron chi connectivity index (χ1n) is 8.41. The van der Waals surface area contributed by atoms with Gasteiger partial charge in [-0.2, -0.15) is 0 Å². The number of aryl methyl sites for hydroxylation is 2. The zero-order chi connectivity index (χ0) is 17.8. The minimum Gasteiger partial charge on any atom is -0.489 e. The monoisotopic (exact) mass is 334 g/mol. The fraction of sp³-hybridized carbons (Fsp3) is 0.227. The average molecular weight is 334 g/mol. The van der Waals surface area contributed by atoms with Gasteiger partial charge in [0.1, 0.15) is 24.7 Å². The van der Waals surface area contributed by atoms with E-state index in [-0.39, 0.29) is 0 Å². The second-order valence-corrected chi connectivity index (χ2v) is 6.17. The van der Waals surface area contributed by atoms with Crippen molar-refractivity contribution in [1.29, 1.82) is 0 Å². The van der Waals surface area contributed by atoms with Crippen LogP contribution in [0.2, 0.25) is 0 Å². The Morgan fingerprint density at radius 3 is 2.36 bits per heavy atom. The number of fused-ring (bicyclic) bond motifs is 1. The molecule has 0 aliphatic rings. The first kappa shape index (κ1) is 17.0. The number of rotatable bonds is 6. The van der Waals surface area contributed by atoms with Crippen molar-refractivity contribution in [2.45, 2.75) is 20.8 Å². The summed E-state index contributed by atoms with van der Waals surface area (Å²) in [6.07, 6.45) is 0.855. The first-order chi connectivity index (χ1) is 12.1. The summed E-state index contributed by atoms with van der Waals surface area (Å²) in [4.78, 5) is 11.5.